The Morgan fingerprint density at radius 1 is 1.17 bits per heavy atom. The van der Waals surface area contributed by atoms with Gasteiger partial charge in [-0.2, -0.15) is 5.10 Å². The van der Waals surface area contributed by atoms with Gasteiger partial charge in [-0.3, -0.25) is 4.79 Å². The maximum atomic E-state index is 13.5. The topological polar surface area (TPSA) is 81.4 Å². The van der Waals surface area contributed by atoms with E-state index >= 15 is 0 Å². The smallest absolute Gasteiger partial charge is 0.249 e. The molecule has 152 valence electrons. The van der Waals surface area contributed by atoms with Gasteiger partial charge in [-0.25, -0.2) is 13.8 Å². The molecule has 1 saturated carbocycles. The number of nitrogens with zero attached hydrogens (tertiary/aromatic N) is 5. The summed E-state index contributed by atoms with van der Waals surface area (Å²) in [5, 5.41) is 9.37. The number of allylic oxidation sites excluding steroid dienone is 1. The molecule has 0 N–H and O–H groups in total. The van der Waals surface area contributed by atoms with Gasteiger partial charge in [-0.05, 0) is 71.8 Å². The Balaban J connectivity index is 1.73. The van der Waals surface area contributed by atoms with Gasteiger partial charge in [0.2, 0.25) is 5.91 Å². The number of hydrazone groups is 1. The van der Waals surface area contributed by atoms with Gasteiger partial charge in [-0.1, -0.05) is 29.4 Å². The fourth-order valence-electron chi connectivity index (χ4n) is 4.13. The van der Waals surface area contributed by atoms with Crippen LogP contribution in [0.1, 0.15) is 36.4 Å². The van der Waals surface area contributed by atoms with Crippen molar-refractivity contribution in [2.45, 2.75) is 25.3 Å². The summed E-state index contributed by atoms with van der Waals surface area (Å²) in [5.41, 5.74) is 12.0. The lowest BCUT2D eigenvalue weighted by molar-refractivity contribution is -0.132. The predicted molar refractivity (Wildman–Crippen MR) is 109 cm³/mol. The number of fused-ring (bicyclic) bond motifs is 1. The average Bonchev–Trinajstić information content (AvgIpc) is 3.15. The van der Waals surface area contributed by atoms with E-state index in [9.17, 15) is 13.6 Å². The zero-order valence-electron chi connectivity index (χ0n) is 16.1. The van der Waals surface area contributed by atoms with Crippen LogP contribution in [-0.2, 0) is 4.79 Å². The van der Waals surface area contributed by atoms with Crippen molar-refractivity contribution in [3.05, 3.63) is 87.3 Å². The molecular weight excluding hydrogens is 388 g/mol. The number of rotatable bonds is 4. The fourth-order valence-corrected chi connectivity index (χ4v) is 4.13. The van der Waals surface area contributed by atoms with E-state index in [1.807, 2.05) is 6.08 Å². The number of benzene rings is 2. The van der Waals surface area contributed by atoms with Crippen LogP contribution in [0, 0.1) is 17.6 Å². The zero-order chi connectivity index (χ0) is 21.1. The van der Waals surface area contributed by atoms with Crippen LogP contribution >= 0.6 is 0 Å². The minimum absolute atomic E-state index is 0.0501. The standard InChI is InChI=1S/C22H19F2N5O/c23-17-8-4-14(5-9-17)12-16-2-1-3-19-21(16)27-29(20(30)13-26-28-25)22(19)15-6-10-18(24)11-7-15/h4-12,19,22H,1-3,13H2. The molecule has 2 aliphatic rings. The molecule has 2 aromatic carbocycles. The number of carbonyl (C=O) groups is 1. The molecule has 0 bridgehead atoms. The first-order chi connectivity index (χ1) is 14.6. The number of carbonyl (C=O) groups excluding carboxylic acids is 1. The molecule has 0 spiro atoms. The normalized spacial score (nSPS) is 21.7. The summed E-state index contributed by atoms with van der Waals surface area (Å²) in [6.45, 7) is -0.339. The summed E-state index contributed by atoms with van der Waals surface area (Å²) in [7, 11) is 0. The summed E-state index contributed by atoms with van der Waals surface area (Å²) >= 11 is 0. The summed E-state index contributed by atoms with van der Waals surface area (Å²) in [6, 6.07) is 11.9. The second-order valence-corrected chi connectivity index (χ2v) is 7.33. The van der Waals surface area contributed by atoms with Crippen molar-refractivity contribution in [3.63, 3.8) is 0 Å². The van der Waals surface area contributed by atoms with E-state index in [1.165, 1.54) is 29.3 Å². The van der Waals surface area contributed by atoms with E-state index in [0.717, 1.165) is 41.7 Å². The third kappa shape index (κ3) is 3.95. The first-order valence-electron chi connectivity index (χ1n) is 9.70. The van der Waals surface area contributed by atoms with Crippen LogP contribution in [0.3, 0.4) is 0 Å². The van der Waals surface area contributed by atoms with Crippen molar-refractivity contribution in [3.8, 4) is 0 Å². The van der Waals surface area contributed by atoms with Crippen LogP contribution in [0.4, 0.5) is 8.78 Å². The largest absolute Gasteiger partial charge is 0.273 e. The highest BCUT2D eigenvalue weighted by molar-refractivity contribution is 6.08. The van der Waals surface area contributed by atoms with E-state index in [1.54, 1.807) is 24.3 Å². The maximum absolute atomic E-state index is 13.5. The predicted octanol–water partition coefficient (Wildman–Crippen LogP) is 5.40. The summed E-state index contributed by atoms with van der Waals surface area (Å²) in [4.78, 5) is 15.4. The van der Waals surface area contributed by atoms with E-state index < -0.39 is 5.91 Å². The SMILES string of the molecule is [N-]=[N+]=NCC(=O)N1N=C2C(=Cc3ccc(F)cc3)CCCC2C1c1ccc(F)cc1. The van der Waals surface area contributed by atoms with Crippen molar-refractivity contribution in [2.24, 2.45) is 16.1 Å². The Labute approximate surface area is 172 Å². The van der Waals surface area contributed by atoms with Crippen molar-refractivity contribution in [2.75, 3.05) is 6.54 Å². The van der Waals surface area contributed by atoms with Gasteiger partial charge in [0.15, 0.2) is 0 Å². The molecule has 2 unspecified atom stereocenters. The molecule has 2 aromatic rings. The minimum Gasteiger partial charge on any atom is -0.273 e. The average molecular weight is 407 g/mol. The molecule has 0 radical (unpaired) electrons. The number of azide groups is 1. The lowest BCUT2D eigenvalue weighted by Gasteiger charge is -2.29. The lowest BCUT2D eigenvalue weighted by atomic mass is 9.77. The maximum Gasteiger partial charge on any atom is 0.249 e. The highest BCUT2D eigenvalue weighted by atomic mass is 19.1. The molecule has 1 aliphatic carbocycles. The summed E-state index contributed by atoms with van der Waals surface area (Å²) < 4.78 is 26.7. The van der Waals surface area contributed by atoms with Crippen molar-refractivity contribution < 1.29 is 13.6 Å². The van der Waals surface area contributed by atoms with Gasteiger partial charge >= 0.3 is 0 Å². The van der Waals surface area contributed by atoms with E-state index in [2.05, 4.69) is 15.1 Å². The van der Waals surface area contributed by atoms with Crippen LogP contribution in [0.25, 0.3) is 16.5 Å². The van der Waals surface area contributed by atoms with Crippen LogP contribution in [-0.4, -0.2) is 23.2 Å². The third-order valence-corrected chi connectivity index (χ3v) is 5.45. The quantitative estimate of drug-likeness (QED) is 0.380. The van der Waals surface area contributed by atoms with Crippen LogP contribution in [0.2, 0.25) is 0 Å². The highest BCUT2D eigenvalue weighted by Crippen LogP contribution is 2.44. The molecule has 0 aromatic heterocycles. The monoisotopic (exact) mass is 407 g/mol. The second-order valence-electron chi connectivity index (χ2n) is 7.33. The minimum atomic E-state index is -0.412. The van der Waals surface area contributed by atoms with Crippen LogP contribution in [0.15, 0.2) is 64.3 Å². The molecule has 1 amide bonds. The lowest BCUT2D eigenvalue weighted by Crippen LogP contribution is -2.33. The first-order valence-corrected chi connectivity index (χ1v) is 9.70. The van der Waals surface area contributed by atoms with Gasteiger partial charge in [0, 0.05) is 10.8 Å². The first kappa shape index (κ1) is 19.8. The molecule has 1 heterocycles. The Morgan fingerprint density at radius 2 is 1.83 bits per heavy atom. The Morgan fingerprint density at radius 3 is 2.50 bits per heavy atom. The molecule has 1 aliphatic heterocycles. The third-order valence-electron chi connectivity index (χ3n) is 5.45. The molecule has 1 fully saturated rings. The summed E-state index contributed by atoms with van der Waals surface area (Å²) in [5.74, 6) is -1.12. The molecule has 4 rings (SSSR count). The van der Waals surface area contributed by atoms with E-state index in [0.29, 0.717) is 0 Å². The summed E-state index contributed by atoms with van der Waals surface area (Å²) in [6.07, 6.45) is 4.49. The van der Waals surface area contributed by atoms with Gasteiger partial charge in [0.25, 0.3) is 0 Å². The Hall–Kier alpha value is -3.51. The number of hydrogen-bond acceptors (Lipinski definition) is 3. The Bertz CT molecular complexity index is 1060. The molecule has 30 heavy (non-hydrogen) atoms. The zero-order valence-corrected chi connectivity index (χ0v) is 16.1. The van der Waals surface area contributed by atoms with Crippen molar-refractivity contribution >= 4 is 17.7 Å². The molecule has 2 atom stereocenters. The van der Waals surface area contributed by atoms with Gasteiger partial charge < -0.3 is 0 Å². The van der Waals surface area contributed by atoms with Crippen molar-refractivity contribution in [1.29, 1.82) is 0 Å². The molecule has 0 saturated heterocycles. The Kier molecular flexibility index (Phi) is 5.59. The van der Waals surface area contributed by atoms with Gasteiger partial charge in [0.05, 0.1) is 11.8 Å². The van der Waals surface area contributed by atoms with Crippen LogP contribution in [0.5, 0.6) is 0 Å². The van der Waals surface area contributed by atoms with Crippen molar-refractivity contribution in [1.82, 2.24) is 5.01 Å². The second kappa shape index (κ2) is 8.47. The molecular formula is C22H19F2N5O. The van der Waals surface area contributed by atoms with E-state index in [4.69, 9.17) is 5.53 Å². The number of halogens is 2. The van der Waals surface area contributed by atoms with Crippen LogP contribution < -0.4 is 0 Å². The van der Waals surface area contributed by atoms with E-state index in [-0.39, 0.29) is 30.1 Å². The number of hydrogen-bond donors (Lipinski definition) is 0. The molecule has 8 heteroatoms. The van der Waals surface area contributed by atoms with Gasteiger partial charge in [0.1, 0.15) is 18.2 Å². The highest BCUT2D eigenvalue weighted by Gasteiger charge is 2.43. The molecule has 6 nitrogen and oxygen atoms in total. The number of amides is 1. The fraction of sp³-hybridized carbons (Fsp3) is 0.273. The van der Waals surface area contributed by atoms with Gasteiger partial charge in [-0.15, -0.1) is 0 Å².